The number of rotatable bonds is 2. The molecule has 0 bridgehead atoms. The minimum Gasteiger partial charge on any atom is -0.508 e. The van der Waals surface area contributed by atoms with Crippen molar-refractivity contribution >= 4 is 0 Å². The summed E-state index contributed by atoms with van der Waals surface area (Å²) < 4.78 is 13.8. The Kier molecular flexibility index (Phi) is 3.14. The van der Waals surface area contributed by atoms with Gasteiger partial charge in [-0.2, -0.15) is 0 Å². The Morgan fingerprint density at radius 3 is 2.35 bits per heavy atom. The standard InChI is InChI=1S/C15H15FO/c1-10(2)12-5-3-4-6-13(12)14-8-7-11(17)9-15(14)16/h3-10,17H,1-2H3. The first-order chi connectivity index (χ1) is 8.09. The van der Waals surface area contributed by atoms with Gasteiger partial charge in [-0.1, -0.05) is 38.1 Å². The number of halogens is 1. The first-order valence-electron chi connectivity index (χ1n) is 5.67. The molecule has 2 aromatic carbocycles. The molecule has 2 rings (SSSR count). The molecule has 0 saturated heterocycles. The zero-order valence-corrected chi connectivity index (χ0v) is 9.94. The third-order valence-electron chi connectivity index (χ3n) is 2.83. The summed E-state index contributed by atoms with van der Waals surface area (Å²) in [6.07, 6.45) is 0. The van der Waals surface area contributed by atoms with Crippen molar-refractivity contribution in [2.24, 2.45) is 0 Å². The fourth-order valence-electron chi connectivity index (χ4n) is 1.97. The van der Waals surface area contributed by atoms with Crippen molar-refractivity contribution in [2.75, 3.05) is 0 Å². The first-order valence-corrected chi connectivity index (χ1v) is 5.67. The summed E-state index contributed by atoms with van der Waals surface area (Å²) in [5.74, 6) is -0.106. The molecule has 0 amide bonds. The Morgan fingerprint density at radius 2 is 1.71 bits per heavy atom. The van der Waals surface area contributed by atoms with Gasteiger partial charge in [0.25, 0.3) is 0 Å². The van der Waals surface area contributed by atoms with Gasteiger partial charge in [-0.25, -0.2) is 4.39 Å². The smallest absolute Gasteiger partial charge is 0.134 e. The van der Waals surface area contributed by atoms with Crippen LogP contribution in [0.1, 0.15) is 25.3 Å². The molecule has 0 heterocycles. The maximum atomic E-state index is 13.8. The molecular formula is C15H15FO. The zero-order valence-electron chi connectivity index (χ0n) is 9.94. The predicted molar refractivity (Wildman–Crippen MR) is 67.6 cm³/mol. The molecule has 17 heavy (non-hydrogen) atoms. The van der Waals surface area contributed by atoms with Crippen LogP contribution >= 0.6 is 0 Å². The van der Waals surface area contributed by atoms with E-state index in [-0.39, 0.29) is 5.75 Å². The Labute approximate surface area is 101 Å². The molecule has 0 atom stereocenters. The lowest BCUT2D eigenvalue weighted by Gasteiger charge is -2.13. The average Bonchev–Trinajstić information content (AvgIpc) is 2.29. The first kappa shape index (κ1) is 11.6. The minimum absolute atomic E-state index is 0.0479. The van der Waals surface area contributed by atoms with E-state index >= 15 is 0 Å². The fourth-order valence-corrected chi connectivity index (χ4v) is 1.97. The molecule has 0 unspecified atom stereocenters. The highest BCUT2D eigenvalue weighted by Crippen LogP contribution is 2.32. The molecule has 0 radical (unpaired) electrons. The van der Waals surface area contributed by atoms with Crippen LogP contribution in [-0.4, -0.2) is 5.11 Å². The average molecular weight is 230 g/mol. The fraction of sp³-hybridized carbons (Fsp3) is 0.200. The van der Waals surface area contributed by atoms with Crippen LogP contribution in [0.2, 0.25) is 0 Å². The lowest BCUT2D eigenvalue weighted by molar-refractivity contribution is 0.469. The van der Waals surface area contributed by atoms with Crippen molar-refractivity contribution in [1.29, 1.82) is 0 Å². The lowest BCUT2D eigenvalue weighted by Crippen LogP contribution is -1.93. The van der Waals surface area contributed by atoms with Crippen LogP contribution in [0.4, 0.5) is 4.39 Å². The molecule has 2 aromatic rings. The van der Waals surface area contributed by atoms with Crippen LogP contribution < -0.4 is 0 Å². The molecule has 0 aromatic heterocycles. The maximum Gasteiger partial charge on any atom is 0.134 e. The summed E-state index contributed by atoms with van der Waals surface area (Å²) in [4.78, 5) is 0. The van der Waals surface area contributed by atoms with Crippen molar-refractivity contribution < 1.29 is 9.50 Å². The van der Waals surface area contributed by atoms with Crippen LogP contribution in [0, 0.1) is 5.82 Å². The molecule has 1 nitrogen and oxygen atoms in total. The number of hydrogen-bond donors (Lipinski definition) is 1. The van der Waals surface area contributed by atoms with Crippen LogP contribution in [0.15, 0.2) is 42.5 Å². The predicted octanol–water partition coefficient (Wildman–Crippen LogP) is 4.32. The molecule has 1 N–H and O–H groups in total. The number of phenols is 1. The highest BCUT2D eigenvalue weighted by Gasteiger charge is 2.11. The van der Waals surface area contributed by atoms with E-state index in [2.05, 4.69) is 13.8 Å². The van der Waals surface area contributed by atoms with Crippen molar-refractivity contribution in [3.8, 4) is 16.9 Å². The lowest BCUT2D eigenvalue weighted by atomic mass is 9.92. The SMILES string of the molecule is CC(C)c1ccccc1-c1ccc(O)cc1F. The molecule has 0 spiro atoms. The second-order valence-corrected chi connectivity index (χ2v) is 4.41. The van der Waals surface area contributed by atoms with Gasteiger partial charge in [0.2, 0.25) is 0 Å². The van der Waals surface area contributed by atoms with E-state index in [4.69, 9.17) is 0 Å². The van der Waals surface area contributed by atoms with Crippen molar-refractivity contribution in [3.63, 3.8) is 0 Å². The van der Waals surface area contributed by atoms with Gasteiger partial charge in [0.15, 0.2) is 0 Å². The van der Waals surface area contributed by atoms with E-state index in [0.29, 0.717) is 11.5 Å². The van der Waals surface area contributed by atoms with Crippen molar-refractivity contribution in [1.82, 2.24) is 0 Å². The normalized spacial score (nSPS) is 10.8. The second-order valence-electron chi connectivity index (χ2n) is 4.41. The molecule has 0 saturated carbocycles. The largest absolute Gasteiger partial charge is 0.508 e. The molecule has 0 aliphatic carbocycles. The second kappa shape index (κ2) is 4.58. The summed E-state index contributed by atoms with van der Waals surface area (Å²) in [5, 5.41) is 9.22. The summed E-state index contributed by atoms with van der Waals surface area (Å²) in [6.45, 7) is 4.16. The Hall–Kier alpha value is -1.83. The van der Waals surface area contributed by atoms with E-state index in [9.17, 15) is 9.50 Å². The highest BCUT2D eigenvalue weighted by molar-refractivity contribution is 5.69. The van der Waals surface area contributed by atoms with Gasteiger partial charge in [-0.05, 0) is 29.2 Å². The van der Waals surface area contributed by atoms with E-state index in [1.54, 1.807) is 6.07 Å². The molecule has 0 aliphatic rings. The third kappa shape index (κ3) is 2.31. The molecule has 88 valence electrons. The van der Waals surface area contributed by atoms with Gasteiger partial charge in [-0.3, -0.25) is 0 Å². The Bertz CT molecular complexity index is 532. The Balaban J connectivity index is 2.60. The summed E-state index contributed by atoms with van der Waals surface area (Å²) >= 11 is 0. The van der Waals surface area contributed by atoms with Crippen LogP contribution in [0.3, 0.4) is 0 Å². The maximum absolute atomic E-state index is 13.8. The summed E-state index contributed by atoms with van der Waals surface area (Å²) in [7, 11) is 0. The van der Waals surface area contributed by atoms with Gasteiger partial charge in [0, 0.05) is 11.6 Å². The van der Waals surface area contributed by atoms with Crippen LogP contribution in [-0.2, 0) is 0 Å². The van der Waals surface area contributed by atoms with Gasteiger partial charge in [0.05, 0.1) is 0 Å². The van der Waals surface area contributed by atoms with E-state index in [1.807, 2.05) is 24.3 Å². The summed E-state index contributed by atoms with van der Waals surface area (Å²) in [5.41, 5.74) is 2.53. The van der Waals surface area contributed by atoms with Gasteiger partial charge in [-0.15, -0.1) is 0 Å². The zero-order chi connectivity index (χ0) is 12.4. The number of aromatic hydroxyl groups is 1. The molecule has 2 heteroatoms. The van der Waals surface area contributed by atoms with E-state index in [0.717, 1.165) is 17.2 Å². The summed E-state index contributed by atoms with van der Waals surface area (Å²) in [6, 6.07) is 12.0. The van der Waals surface area contributed by atoms with Crippen LogP contribution in [0.5, 0.6) is 5.75 Å². The third-order valence-corrected chi connectivity index (χ3v) is 2.83. The quantitative estimate of drug-likeness (QED) is 0.814. The van der Waals surface area contributed by atoms with Gasteiger partial charge < -0.3 is 5.11 Å². The topological polar surface area (TPSA) is 20.2 Å². The monoisotopic (exact) mass is 230 g/mol. The van der Waals surface area contributed by atoms with Gasteiger partial charge >= 0.3 is 0 Å². The van der Waals surface area contributed by atoms with Gasteiger partial charge in [0.1, 0.15) is 11.6 Å². The minimum atomic E-state index is -0.391. The number of benzene rings is 2. The number of phenolic OH excluding ortho intramolecular Hbond substituents is 1. The Morgan fingerprint density at radius 1 is 1.00 bits per heavy atom. The van der Waals surface area contributed by atoms with E-state index < -0.39 is 5.82 Å². The molecule has 0 aliphatic heterocycles. The van der Waals surface area contributed by atoms with Crippen LogP contribution in [0.25, 0.3) is 11.1 Å². The molecular weight excluding hydrogens is 215 g/mol. The number of hydrogen-bond acceptors (Lipinski definition) is 1. The highest BCUT2D eigenvalue weighted by atomic mass is 19.1. The molecule has 0 fully saturated rings. The van der Waals surface area contributed by atoms with Crippen molar-refractivity contribution in [2.45, 2.75) is 19.8 Å². The van der Waals surface area contributed by atoms with E-state index in [1.165, 1.54) is 6.07 Å². The van der Waals surface area contributed by atoms with Crippen molar-refractivity contribution in [3.05, 3.63) is 53.8 Å².